The maximum atomic E-state index is 12.4. The molecule has 6 nitrogen and oxygen atoms in total. The van der Waals surface area contributed by atoms with Gasteiger partial charge in [-0.05, 0) is 49.4 Å². The Bertz CT molecular complexity index is 738. The zero-order valence-electron chi connectivity index (χ0n) is 13.1. The number of amides is 2. The second-order valence-corrected chi connectivity index (χ2v) is 6.11. The summed E-state index contributed by atoms with van der Waals surface area (Å²) >= 11 is 0. The molecule has 120 valence electrons. The summed E-state index contributed by atoms with van der Waals surface area (Å²) < 4.78 is 0. The first-order chi connectivity index (χ1) is 11.0. The highest BCUT2D eigenvalue weighted by Gasteiger charge is 2.28. The lowest BCUT2D eigenvalue weighted by Gasteiger charge is -2.15. The number of primary amides is 1. The SMILES string of the molecule is Cc1cc(C(=O)N2CC[C@H](Cc3cccc(C(N)=O)c3)C2)n[nH]1. The van der Waals surface area contributed by atoms with Gasteiger partial charge in [0.15, 0.2) is 0 Å². The molecule has 6 heteroatoms. The van der Waals surface area contributed by atoms with Crippen LogP contribution in [0.3, 0.4) is 0 Å². The fraction of sp³-hybridized carbons (Fsp3) is 0.353. The van der Waals surface area contributed by atoms with Crippen LogP contribution in [0.25, 0.3) is 0 Å². The Kier molecular flexibility index (Phi) is 4.14. The summed E-state index contributed by atoms with van der Waals surface area (Å²) in [5.41, 5.74) is 8.28. The van der Waals surface area contributed by atoms with E-state index in [2.05, 4.69) is 10.2 Å². The number of benzene rings is 1. The molecule has 2 aromatic rings. The van der Waals surface area contributed by atoms with Crippen LogP contribution in [0.4, 0.5) is 0 Å². The van der Waals surface area contributed by atoms with E-state index in [9.17, 15) is 9.59 Å². The average molecular weight is 312 g/mol. The van der Waals surface area contributed by atoms with Gasteiger partial charge in [-0.25, -0.2) is 0 Å². The van der Waals surface area contributed by atoms with Gasteiger partial charge in [0, 0.05) is 24.3 Å². The van der Waals surface area contributed by atoms with E-state index in [1.54, 1.807) is 12.1 Å². The molecular formula is C17H20N4O2. The van der Waals surface area contributed by atoms with Crippen LogP contribution in [-0.2, 0) is 6.42 Å². The molecule has 0 unspecified atom stereocenters. The van der Waals surface area contributed by atoms with E-state index in [1.165, 1.54) is 0 Å². The van der Waals surface area contributed by atoms with Gasteiger partial charge in [-0.2, -0.15) is 5.10 Å². The van der Waals surface area contributed by atoms with Crippen molar-refractivity contribution in [3.8, 4) is 0 Å². The van der Waals surface area contributed by atoms with Crippen molar-refractivity contribution in [2.75, 3.05) is 13.1 Å². The Morgan fingerprint density at radius 3 is 2.91 bits per heavy atom. The van der Waals surface area contributed by atoms with Gasteiger partial charge in [-0.15, -0.1) is 0 Å². The Labute approximate surface area is 134 Å². The molecule has 1 aliphatic heterocycles. The van der Waals surface area contributed by atoms with Crippen molar-refractivity contribution >= 4 is 11.8 Å². The predicted octanol–water partition coefficient (Wildman–Crippen LogP) is 1.52. The number of hydrogen-bond donors (Lipinski definition) is 2. The van der Waals surface area contributed by atoms with Crippen molar-refractivity contribution in [2.24, 2.45) is 11.7 Å². The smallest absolute Gasteiger partial charge is 0.274 e. The molecule has 2 heterocycles. The molecule has 0 saturated carbocycles. The summed E-state index contributed by atoms with van der Waals surface area (Å²) in [6.45, 7) is 3.33. The molecule has 1 aliphatic rings. The third-order valence-electron chi connectivity index (χ3n) is 4.23. The summed E-state index contributed by atoms with van der Waals surface area (Å²) in [4.78, 5) is 25.5. The number of carbonyl (C=O) groups excluding carboxylic acids is 2. The van der Waals surface area contributed by atoms with Crippen molar-refractivity contribution in [1.82, 2.24) is 15.1 Å². The van der Waals surface area contributed by atoms with E-state index in [-0.39, 0.29) is 5.91 Å². The van der Waals surface area contributed by atoms with Gasteiger partial charge in [-0.3, -0.25) is 14.7 Å². The lowest BCUT2D eigenvalue weighted by molar-refractivity contribution is 0.0781. The zero-order valence-corrected chi connectivity index (χ0v) is 13.1. The molecule has 2 amide bonds. The molecular weight excluding hydrogens is 292 g/mol. The van der Waals surface area contributed by atoms with Crippen LogP contribution in [0.15, 0.2) is 30.3 Å². The van der Waals surface area contributed by atoms with Gasteiger partial charge < -0.3 is 10.6 Å². The van der Waals surface area contributed by atoms with Crippen LogP contribution in [-0.4, -0.2) is 40.0 Å². The molecule has 1 atom stereocenters. The van der Waals surface area contributed by atoms with Crippen molar-refractivity contribution < 1.29 is 9.59 Å². The standard InChI is InChI=1S/C17H20N4O2/c1-11-7-15(20-19-11)17(23)21-6-5-13(10-21)8-12-3-2-4-14(9-12)16(18)22/h2-4,7,9,13H,5-6,8,10H2,1H3,(H2,18,22)(H,19,20)/t13-/m1/s1. The Morgan fingerprint density at radius 2 is 2.22 bits per heavy atom. The molecule has 0 radical (unpaired) electrons. The fourth-order valence-corrected chi connectivity index (χ4v) is 3.06. The number of aromatic nitrogens is 2. The van der Waals surface area contributed by atoms with Crippen molar-refractivity contribution in [1.29, 1.82) is 0 Å². The highest BCUT2D eigenvalue weighted by atomic mass is 16.2. The monoisotopic (exact) mass is 312 g/mol. The highest BCUT2D eigenvalue weighted by Crippen LogP contribution is 2.22. The molecule has 0 bridgehead atoms. The topological polar surface area (TPSA) is 92.1 Å². The summed E-state index contributed by atoms with van der Waals surface area (Å²) in [5.74, 6) is -0.0474. The van der Waals surface area contributed by atoms with Crippen molar-refractivity contribution in [3.63, 3.8) is 0 Å². The molecule has 0 spiro atoms. The first-order valence-corrected chi connectivity index (χ1v) is 7.73. The van der Waals surface area contributed by atoms with Crippen LogP contribution in [0.2, 0.25) is 0 Å². The van der Waals surface area contributed by atoms with Gasteiger partial charge >= 0.3 is 0 Å². The average Bonchev–Trinajstić information content (AvgIpc) is 3.16. The molecule has 3 N–H and O–H groups in total. The summed E-state index contributed by atoms with van der Waals surface area (Å²) in [7, 11) is 0. The summed E-state index contributed by atoms with van der Waals surface area (Å²) in [6, 6.07) is 9.17. The van der Waals surface area contributed by atoms with Gasteiger partial charge in [-0.1, -0.05) is 12.1 Å². The van der Waals surface area contributed by atoms with Gasteiger partial charge in [0.1, 0.15) is 5.69 Å². The molecule has 3 rings (SSSR count). The van der Waals surface area contributed by atoms with E-state index >= 15 is 0 Å². The number of nitrogens with one attached hydrogen (secondary N) is 1. The minimum atomic E-state index is -0.413. The number of likely N-dealkylation sites (tertiary alicyclic amines) is 1. The van der Waals surface area contributed by atoms with Crippen LogP contribution < -0.4 is 5.73 Å². The fourth-order valence-electron chi connectivity index (χ4n) is 3.06. The van der Waals surface area contributed by atoms with Crippen LogP contribution in [0.5, 0.6) is 0 Å². The van der Waals surface area contributed by atoms with E-state index in [1.807, 2.05) is 30.0 Å². The Hall–Kier alpha value is -2.63. The minimum absolute atomic E-state index is 0.0252. The lowest BCUT2D eigenvalue weighted by atomic mass is 9.97. The normalized spacial score (nSPS) is 17.4. The third kappa shape index (κ3) is 3.41. The lowest BCUT2D eigenvalue weighted by Crippen LogP contribution is -2.29. The minimum Gasteiger partial charge on any atom is -0.366 e. The maximum absolute atomic E-state index is 12.4. The number of aryl methyl sites for hydroxylation is 1. The molecule has 1 aromatic heterocycles. The molecule has 1 saturated heterocycles. The summed E-state index contributed by atoms with van der Waals surface area (Å²) in [6.07, 6.45) is 1.79. The van der Waals surface area contributed by atoms with Crippen molar-refractivity contribution in [2.45, 2.75) is 19.8 Å². The number of nitrogens with zero attached hydrogens (tertiary/aromatic N) is 2. The first-order valence-electron chi connectivity index (χ1n) is 7.73. The van der Waals surface area contributed by atoms with E-state index in [4.69, 9.17) is 5.73 Å². The number of H-pyrrole nitrogens is 1. The number of rotatable bonds is 4. The van der Waals surface area contributed by atoms with Crippen molar-refractivity contribution in [3.05, 3.63) is 52.8 Å². The van der Waals surface area contributed by atoms with E-state index in [0.717, 1.165) is 30.6 Å². The molecule has 1 fully saturated rings. The molecule has 0 aliphatic carbocycles. The molecule has 23 heavy (non-hydrogen) atoms. The van der Waals surface area contributed by atoms with Crippen LogP contribution >= 0.6 is 0 Å². The second-order valence-electron chi connectivity index (χ2n) is 6.11. The first kappa shape index (κ1) is 15.3. The Morgan fingerprint density at radius 1 is 1.39 bits per heavy atom. The second kappa shape index (κ2) is 6.24. The third-order valence-corrected chi connectivity index (χ3v) is 4.23. The van der Waals surface area contributed by atoms with E-state index in [0.29, 0.717) is 23.7 Å². The van der Waals surface area contributed by atoms with Crippen LogP contribution in [0, 0.1) is 12.8 Å². The Balaban J connectivity index is 1.63. The number of hydrogen-bond acceptors (Lipinski definition) is 3. The van der Waals surface area contributed by atoms with Gasteiger partial charge in [0.25, 0.3) is 5.91 Å². The summed E-state index contributed by atoms with van der Waals surface area (Å²) in [5, 5.41) is 6.83. The van der Waals surface area contributed by atoms with Gasteiger partial charge in [0.2, 0.25) is 5.91 Å². The number of nitrogens with two attached hydrogens (primary N) is 1. The highest BCUT2D eigenvalue weighted by molar-refractivity contribution is 5.93. The largest absolute Gasteiger partial charge is 0.366 e. The predicted molar refractivity (Wildman–Crippen MR) is 86.0 cm³/mol. The quantitative estimate of drug-likeness (QED) is 0.896. The zero-order chi connectivity index (χ0) is 16.4. The van der Waals surface area contributed by atoms with E-state index < -0.39 is 5.91 Å². The number of carbonyl (C=O) groups is 2. The van der Waals surface area contributed by atoms with Crippen LogP contribution in [0.1, 0.15) is 38.5 Å². The molecule has 1 aromatic carbocycles. The number of aromatic amines is 1. The maximum Gasteiger partial charge on any atom is 0.274 e. The van der Waals surface area contributed by atoms with Gasteiger partial charge in [0.05, 0.1) is 0 Å².